The van der Waals surface area contributed by atoms with Crippen molar-refractivity contribution in [1.82, 2.24) is 0 Å². The zero-order valence-electron chi connectivity index (χ0n) is 11.6. The lowest BCUT2D eigenvalue weighted by atomic mass is 9.97. The normalized spacial score (nSPS) is 16.5. The summed E-state index contributed by atoms with van der Waals surface area (Å²) < 4.78 is 8.19. The Hall–Kier alpha value is -2.61. The fraction of sp³-hybridized carbons (Fsp3) is 0.105. The van der Waals surface area contributed by atoms with Crippen LogP contribution in [0.3, 0.4) is 0 Å². The van der Waals surface area contributed by atoms with E-state index in [1.165, 1.54) is 5.56 Å². The van der Waals surface area contributed by atoms with Crippen LogP contribution >= 0.6 is 0 Å². The summed E-state index contributed by atoms with van der Waals surface area (Å²) in [5.74, 6) is 1.34. The van der Waals surface area contributed by atoms with Crippen LogP contribution in [0.2, 0.25) is 0 Å². The molecule has 2 aromatic carbocycles. The van der Waals surface area contributed by atoms with E-state index in [4.69, 9.17) is 4.74 Å². The molecular weight excluding hydrogens is 258 g/mol. The summed E-state index contributed by atoms with van der Waals surface area (Å²) in [5.41, 5.74) is 3.52. The maximum atomic E-state index is 6.06. The Balaban J connectivity index is 1.77. The van der Waals surface area contributed by atoms with E-state index >= 15 is 0 Å². The van der Waals surface area contributed by atoms with E-state index < -0.39 is 0 Å². The molecule has 2 nitrogen and oxygen atoms in total. The van der Waals surface area contributed by atoms with Gasteiger partial charge < -0.3 is 4.74 Å². The first-order valence-electron chi connectivity index (χ1n) is 7.19. The lowest BCUT2D eigenvalue weighted by Gasteiger charge is -2.18. The molecule has 4 rings (SSSR count). The highest BCUT2D eigenvalue weighted by molar-refractivity contribution is 5.82. The predicted molar refractivity (Wildman–Crippen MR) is 84.5 cm³/mol. The quantitative estimate of drug-likeness (QED) is 0.754. The van der Waals surface area contributed by atoms with Crippen molar-refractivity contribution in [1.29, 1.82) is 0 Å². The Kier molecular flexibility index (Phi) is 2.93. The van der Waals surface area contributed by atoms with Crippen molar-refractivity contribution in [3.8, 4) is 5.75 Å². The minimum absolute atomic E-state index is 0.330. The maximum absolute atomic E-state index is 6.06. The molecule has 21 heavy (non-hydrogen) atoms. The molecule has 0 saturated carbocycles. The number of rotatable bonds is 2. The zero-order valence-corrected chi connectivity index (χ0v) is 11.6. The van der Waals surface area contributed by atoms with Gasteiger partial charge in [0.1, 0.15) is 5.75 Å². The fourth-order valence-corrected chi connectivity index (χ4v) is 2.85. The monoisotopic (exact) mass is 274 g/mol. The van der Waals surface area contributed by atoms with Crippen LogP contribution in [-0.4, -0.2) is 17.5 Å². The van der Waals surface area contributed by atoms with E-state index in [0.29, 0.717) is 12.6 Å². The molecule has 2 aromatic rings. The Morgan fingerprint density at radius 2 is 1.71 bits per heavy atom. The van der Waals surface area contributed by atoms with Gasteiger partial charge in [-0.2, -0.15) is 4.58 Å². The van der Waals surface area contributed by atoms with Gasteiger partial charge in [0.2, 0.25) is 5.69 Å². The maximum Gasteiger partial charge on any atom is 0.292 e. The van der Waals surface area contributed by atoms with E-state index in [2.05, 4.69) is 65.4 Å². The lowest BCUT2D eigenvalue weighted by molar-refractivity contribution is -0.476. The molecule has 0 aromatic heterocycles. The fourth-order valence-electron chi connectivity index (χ4n) is 2.85. The summed E-state index contributed by atoms with van der Waals surface area (Å²) in [4.78, 5) is 0. The molecule has 0 saturated heterocycles. The van der Waals surface area contributed by atoms with Gasteiger partial charge in [0.05, 0.1) is 5.56 Å². The zero-order chi connectivity index (χ0) is 14.1. The van der Waals surface area contributed by atoms with Crippen molar-refractivity contribution in [3.05, 3.63) is 84.0 Å². The van der Waals surface area contributed by atoms with Gasteiger partial charge in [-0.05, 0) is 6.07 Å². The standard InChI is InChI=1S/C19H16NO/c1-2-10-17(11-3-1)20-13-16-9-6-12-18(19(16)21-14-20)15-7-4-5-8-15/h1-13,15H,14H2/q+1. The molecular formula is C19H16NO+. The van der Waals surface area contributed by atoms with Gasteiger partial charge in [0.15, 0.2) is 6.21 Å². The number of benzene rings is 2. The first kappa shape index (κ1) is 12.2. The second kappa shape index (κ2) is 5.06. The Bertz CT molecular complexity index is 744. The molecule has 0 bridgehead atoms. The first-order valence-corrected chi connectivity index (χ1v) is 7.19. The molecule has 2 aliphatic rings. The van der Waals surface area contributed by atoms with E-state index in [0.717, 1.165) is 17.0 Å². The third-order valence-corrected chi connectivity index (χ3v) is 3.91. The third kappa shape index (κ3) is 2.19. The highest BCUT2D eigenvalue weighted by Crippen LogP contribution is 2.35. The van der Waals surface area contributed by atoms with E-state index in [1.54, 1.807) is 0 Å². The Morgan fingerprint density at radius 1 is 0.905 bits per heavy atom. The van der Waals surface area contributed by atoms with Gasteiger partial charge in [0, 0.05) is 23.6 Å². The number of nitrogens with zero attached hydrogens (tertiary/aromatic N) is 1. The van der Waals surface area contributed by atoms with Crippen LogP contribution in [0.15, 0.2) is 72.8 Å². The molecule has 0 unspecified atom stereocenters. The lowest BCUT2D eigenvalue weighted by Crippen LogP contribution is -2.21. The molecule has 1 aliphatic carbocycles. The largest absolute Gasteiger partial charge is 0.435 e. The third-order valence-electron chi connectivity index (χ3n) is 3.91. The number of hydrogen-bond acceptors (Lipinski definition) is 1. The van der Waals surface area contributed by atoms with Crippen molar-refractivity contribution < 1.29 is 9.31 Å². The van der Waals surface area contributed by atoms with Crippen LogP contribution in [0.4, 0.5) is 5.69 Å². The molecule has 0 N–H and O–H groups in total. The Morgan fingerprint density at radius 3 is 2.52 bits per heavy atom. The number of allylic oxidation sites excluding steroid dienone is 4. The van der Waals surface area contributed by atoms with Crippen LogP contribution in [0, 0.1) is 0 Å². The first-order chi connectivity index (χ1) is 10.4. The summed E-state index contributed by atoms with van der Waals surface area (Å²) in [6, 6.07) is 16.7. The number of hydrogen-bond donors (Lipinski definition) is 0. The van der Waals surface area contributed by atoms with Gasteiger partial charge in [-0.3, -0.25) is 0 Å². The summed E-state index contributed by atoms with van der Waals surface area (Å²) >= 11 is 0. The second-order valence-electron chi connectivity index (χ2n) is 5.27. The van der Waals surface area contributed by atoms with E-state index in [9.17, 15) is 0 Å². The van der Waals surface area contributed by atoms with Crippen molar-refractivity contribution in [2.24, 2.45) is 0 Å². The van der Waals surface area contributed by atoms with Gasteiger partial charge >= 0.3 is 0 Å². The van der Waals surface area contributed by atoms with Crippen molar-refractivity contribution in [3.63, 3.8) is 0 Å². The van der Waals surface area contributed by atoms with Gasteiger partial charge in [-0.15, -0.1) is 0 Å². The molecule has 0 radical (unpaired) electrons. The van der Waals surface area contributed by atoms with Gasteiger partial charge in [-0.1, -0.05) is 54.6 Å². The highest BCUT2D eigenvalue weighted by Gasteiger charge is 2.23. The topological polar surface area (TPSA) is 12.2 Å². The molecule has 2 heteroatoms. The number of para-hydroxylation sites is 2. The second-order valence-corrected chi connectivity index (χ2v) is 5.27. The highest BCUT2D eigenvalue weighted by atomic mass is 16.5. The smallest absolute Gasteiger partial charge is 0.292 e. The Labute approximate surface area is 124 Å². The minimum atomic E-state index is 0.330. The average Bonchev–Trinajstić information content (AvgIpc) is 3.09. The number of ether oxygens (including phenoxy) is 1. The number of fused-ring (bicyclic) bond motifs is 1. The van der Waals surface area contributed by atoms with Crippen molar-refractivity contribution in [2.75, 3.05) is 6.73 Å². The molecule has 1 heterocycles. The van der Waals surface area contributed by atoms with Gasteiger partial charge in [-0.25, -0.2) is 0 Å². The van der Waals surface area contributed by atoms with Crippen molar-refractivity contribution in [2.45, 2.75) is 5.92 Å². The summed E-state index contributed by atoms with van der Waals surface area (Å²) in [5, 5.41) is 0. The summed E-state index contributed by atoms with van der Waals surface area (Å²) in [6.07, 6.45) is 10.7. The van der Waals surface area contributed by atoms with E-state index in [-0.39, 0.29) is 0 Å². The van der Waals surface area contributed by atoms with E-state index in [1.807, 2.05) is 18.2 Å². The van der Waals surface area contributed by atoms with Crippen LogP contribution in [0.25, 0.3) is 0 Å². The molecule has 0 fully saturated rings. The molecule has 1 aliphatic heterocycles. The SMILES string of the molecule is C1=CC(c2cccc3c2OC[N+](c2ccccc2)=C3)C=C1. The molecule has 0 spiro atoms. The van der Waals surface area contributed by atoms with Crippen molar-refractivity contribution >= 4 is 11.9 Å². The summed E-state index contributed by atoms with van der Waals surface area (Å²) in [6.45, 7) is 0.550. The molecule has 102 valence electrons. The molecule has 0 atom stereocenters. The minimum Gasteiger partial charge on any atom is -0.435 e. The molecule has 0 amide bonds. The van der Waals surface area contributed by atoms with Crippen LogP contribution in [0.5, 0.6) is 5.75 Å². The van der Waals surface area contributed by atoms with Crippen LogP contribution in [-0.2, 0) is 0 Å². The van der Waals surface area contributed by atoms with Crippen LogP contribution in [0.1, 0.15) is 17.0 Å². The summed E-state index contributed by atoms with van der Waals surface area (Å²) in [7, 11) is 0. The van der Waals surface area contributed by atoms with Gasteiger partial charge in [0.25, 0.3) is 6.73 Å². The average molecular weight is 274 g/mol. The predicted octanol–water partition coefficient (Wildman–Crippen LogP) is 4.01. The van der Waals surface area contributed by atoms with Crippen LogP contribution < -0.4 is 4.74 Å².